The molecule has 0 aliphatic carbocycles. The number of amides is 1. The lowest BCUT2D eigenvalue weighted by Crippen LogP contribution is -2.33. The molecule has 1 amide bonds. The lowest BCUT2D eigenvalue weighted by molar-refractivity contribution is 0.101. The molecule has 2 heterocycles. The van der Waals surface area contributed by atoms with Crippen molar-refractivity contribution >= 4 is 24.0 Å². The maximum absolute atomic E-state index is 12.7. The molecule has 1 fully saturated rings. The molecule has 8 heteroatoms. The predicted octanol–water partition coefficient (Wildman–Crippen LogP) is 3.77. The Labute approximate surface area is 187 Å². The van der Waals surface area contributed by atoms with E-state index < -0.39 is 0 Å². The highest BCUT2D eigenvalue weighted by molar-refractivity contribution is 6.03. The fourth-order valence-corrected chi connectivity index (χ4v) is 3.97. The zero-order chi connectivity index (χ0) is 20.9. The van der Waals surface area contributed by atoms with Crippen LogP contribution in [-0.2, 0) is 6.54 Å². The minimum atomic E-state index is -0.371. The average Bonchev–Trinajstić information content (AvgIpc) is 3.15. The summed E-state index contributed by atoms with van der Waals surface area (Å²) in [6.45, 7) is 2.38. The molecule has 1 aliphatic heterocycles. The van der Waals surface area contributed by atoms with E-state index >= 15 is 0 Å². The number of imidazole rings is 1. The van der Waals surface area contributed by atoms with E-state index in [1.54, 1.807) is 31.4 Å². The molecule has 0 unspecified atom stereocenters. The van der Waals surface area contributed by atoms with Crippen molar-refractivity contribution in [2.75, 3.05) is 25.5 Å². The van der Waals surface area contributed by atoms with Crippen LogP contribution in [0.15, 0.2) is 59.4 Å². The predicted molar refractivity (Wildman–Crippen MR) is 123 cm³/mol. The Hall–Kier alpha value is -3.03. The molecule has 1 aliphatic rings. The second kappa shape index (κ2) is 10.3. The molecule has 3 aromatic rings. The van der Waals surface area contributed by atoms with E-state index in [4.69, 9.17) is 4.74 Å². The van der Waals surface area contributed by atoms with Gasteiger partial charge in [0.2, 0.25) is 0 Å². The number of halogens is 1. The molecule has 1 saturated heterocycles. The number of H-pyrrole nitrogens is 2. The normalized spacial score (nSPS) is 14.6. The third kappa shape index (κ3) is 5.57. The van der Waals surface area contributed by atoms with Gasteiger partial charge in [-0.15, -0.1) is 12.4 Å². The molecule has 0 spiro atoms. The van der Waals surface area contributed by atoms with Gasteiger partial charge in [-0.25, -0.2) is 4.79 Å². The number of hydrogen-bond acceptors (Lipinski definition) is 4. The number of methoxy groups -OCH3 is 1. The maximum atomic E-state index is 12.7. The van der Waals surface area contributed by atoms with Gasteiger partial charge < -0.3 is 20.0 Å². The smallest absolute Gasteiger partial charge is 0.323 e. The monoisotopic (exact) mass is 442 g/mol. The molecule has 3 N–H and O–H groups in total. The van der Waals surface area contributed by atoms with Crippen molar-refractivity contribution in [3.8, 4) is 5.75 Å². The Bertz CT molecular complexity index is 1040. The van der Waals surface area contributed by atoms with Crippen LogP contribution < -0.4 is 15.7 Å². The highest BCUT2D eigenvalue weighted by atomic mass is 35.5. The van der Waals surface area contributed by atoms with E-state index in [-0.39, 0.29) is 29.7 Å². The highest BCUT2D eigenvalue weighted by Gasteiger charge is 2.23. The number of aromatic amines is 2. The number of aromatic nitrogens is 2. The topological polar surface area (TPSA) is 90.2 Å². The highest BCUT2D eigenvalue weighted by Crippen LogP contribution is 2.28. The number of benzene rings is 2. The first-order valence-electron chi connectivity index (χ1n) is 10.2. The van der Waals surface area contributed by atoms with Crippen molar-refractivity contribution in [3.63, 3.8) is 0 Å². The molecule has 0 radical (unpaired) electrons. The number of ether oxygens (including phenoxy) is 1. The van der Waals surface area contributed by atoms with Gasteiger partial charge in [-0.1, -0.05) is 30.3 Å². The summed E-state index contributed by atoms with van der Waals surface area (Å²) in [5.41, 5.74) is 2.54. The summed E-state index contributed by atoms with van der Waals surface area (Å²) in [7, 11) is 1.59. The molecule has 164 valence electrons. The first-order chi connectivity index (χ1) is 14.6. The summed E-state index contributed by atoms with van der Waals surface area (Å²) >= 11 is 0. The Morgan fingerprint density at radius 2 is 1.74 bits per heavy atom. The fraction of sp³-hybridized carbons (Fsp3) is 0.304. The van der Waals surface area contributed by atoms with Crippen molar-refractivity contribution in [2.45, 2.75) is 25.3 Å². The standard InChI is InChI=1S/C23H26N4O3.ClH/c1-30-19-9-7-18(8-10-19)24-22(28)21-20(25-23(29)26-21)15-27-13-11-17(12-14-27)16-5-3-2-4-6-16;/h2-10,17H,11-15H2,1H3,(H,24,28)(H2,25,26,29);1H. The van der Waals surface area contributed by atoms with Gasteiger partial charge in [0.05, 0.1) is 12.8 Å². The molecule has 7 nitrogen and oxygen atoms in total. The molecule has 0 saturated carbocycles. The Morgan fingerprint density at radius 1 is 1.06 bits per heavy atom. The van der Waals surface area contributed by atoms with Gasteiger partial charge in [-0.05, 0) is 61.7 Å². The van der Waals surface area contributed by atoms with Crippen molar-refractivity contribution in [3.05, 3.63) is 82.0 Å². The summed E-state index contributed by atoms with van der Waals surface area (Å²) in [5, 5.41) is 2.83. The summed E-state index contributed by atoms with van der Waals surface area (Å²) in [6, 6.07) is 17.6. The van der Waals surface area contributed by atoms with Crippen LogP contribution in [-0.4, -0.2) is 41.0 Å². The number of piperidine rings is 1. The number of hydrogen-bond donors (Lipinski definition) is 3. The summed E-state index contributed by atoms with van der Waals surface area (Å²) in [4.78, 5) is 32.3. The summed E-state index contributed by atoms with van der Waals surface area (Å²) in [5.74, 6) is 0.931. The van der Waals surface area contributed by atoms with Gasteiger partial charge in [-0.2, -0.15) is 0 Å². The van der Waals surface area contributed by atoms with Crippen molar-refractivity contribution in [2.24, 2.45) is 0 Å². The fourth-order valence-electron chi connectivity index (χ4n) is 3.97. The number of nitrogens with one attached hydrogen (secondary N) is 3. The van der Waals surface area contributed by atoms with Crippen LogP contribution in [0.2, 0.25) is 0 Å². The quantitative estimate of drug-likeness (QED) is 0.542. The van der Waals surface area contributed by atoms with Gasteiger partial charge in [0, 0.05) is 12.2 Å². The molecule has 4 rings (SSSR count). The van der Waals surface area contributed by atoms with E-state index in [0.717, 1.165) is 25.9 Å². The first-order valence-corrected chi connectivity index (χ1v) is 10.2. The van der Waals surface area contributed by atoms with Crippen molar-refractivity contribution < 1.29 is 9.53 Å². The zero-order valence-corrected chi connectivity index (χ0v) is 18.2. The number of anilines is 1. The van der Waals surface area contributed by atoms with Crippen LogP contribution in [0.4, 0.5) is 5.69 Å². The van der Waals surface area contributed by atoms with Gasteiger partial charge in [0.1, 0.15) is 11.4 Å². The van der Waals surface area contributed by atoms with Crippen molar-refractivity contribution in [1.82, 2.24) is 14.9 Å². The van der Waals surface area contributed by atoms with E-state index in [9.17, 15) is 9.59 Å². The number of rotatable bonds is 6. The van der Waals surface area contributed by atoms with Crippen molar-refractivity contribution in [1.29, 1.82) is 0 Å². The maximum Gasteiger partial charge on any atom is 0.323 e. The van der Waals surface area contributed by atoms with Crippen LogP contribution >= 0.6 is 12.4 Å². The lowest BCUT2D eigenvalue weighted by Gasteiger charge is -2.32. The number of nitrogens with zero attached hydrogens (tertiary/aromatic N) is 1. The van der Waals surface area contributed by atoms with E-state index in [2.05, 4.69) is 44.5 Å². The molecule has 1 aromatic heterocycles. The zero-order valence-electron chi connectivity index (χ0n) is 17.4. The second-order valence-electron chi connectivity index (χ2n) is 7.58. The largest absolute Gasteiger partial charge is 0.497 e. The third-order valence-electron chi connectivity index (χ3n) is 5.62. The summed E-state index contributed by atoms with van der Waals surface area (Å²) < 4.78 is 5.13. The Balaban J connectivity index is 0.00000272. The Kier molecular flexibility index (Phi) is 7.55. The lowest BCUT2D eigenvalue weighted by atomic mass is 9.89. The van der Waals surface area contributed by atoms with E-state index in [1.807, 2.05) is 6.07 Å². The van der Waals surface area contributed by atoms with Gasteiger partial charge in [0.15, 0.2) is 0 Å². The first kappa shape index (κ1) is 22.7. The van der Waals surface area contributed by atoms with Crippen LogP contribution in [0.3, 0.4) is 0 Å². The van der Waals surface area contributed by atoms with Crippen LogP contribution in [0.5, 0.6) is 5.75 Å². The third-order valence-corrected chi connectivity index (χ3v) is 5.62. The molecular formula is C23H27ClN4O3. The van der Waals surface area contributed by atoms with Gasteiger partial charge in [-0.3, -0.25) is 9.69 Å². The minimum absolute atomic E-state index is 0. The van der Waals surface area contributed by atoms with Crippen LogP contribution in [0.1, 0.15) is 40.5 Å². The number of likely N-dealkylation sites (tertiary alicyclic amines) is 1. The number of carbonyl (C=O) groups excluding carboxylic acids is 1. The molecule has 31 heavy (non-hydrogen) atoms. The SMILES string of the molecule is COc1ccc(NC(=O)c2[nH]c(=O)[nH]c2CN2CCC(c3ccccc3)CC2)cc1.Cl. The number of carbonyl (C=O) groups is 1. The molecule has 2 aromatic carbocycles. The van der Waals surface area contributed by atoms with Gasteiger partial charge >= 0.3 is 5.69 Å². The average molecular weight is 443 g/mol. The Morgan fingerprint density at radius 3 is 2.39 bits per heavy atom. The molecule has 0 bridgehead atoms. The van der Waals surface area contributed by atoms with Crippen LogP contribution in [0.25, 0.3) is 0 Å². The minimum Gasteiger partial charge on any atom is -0.497 e. The molecule has 0 atom stereocenters. The van der Waals surface area contributed by atoms with Gasteiger partial charge in [0.25, 0.3) is 5.91 Å². The second-order valence-corrected chi connectivity index (χ2v) is 7.58. The summed E-state index contributed by atoms with van der Waals surface area (Å²) in [6.07, 6.45) is 2.12. The van der Waals surface area contributed by atoms with Crippen LogP contribution in [0, 0.1) is 0 Å². The van der Waals surface area contributed by atoms with E-state index in [0.29, 0.717) is 29.6 Å². The molecular weight excluding hydrogens is 416 g/mol. The van der Waals surface area contributed by atoms with E-state index in [1.165, 1.54) is 5.56 Å².